The van der Waals surface area contributed by atoms with Gasteiger partial charge < -0.3 is 15.0 Å². The Morgan fingerprint density at radius 1 is 1.21 bits per heavy atom. The number of hydrogen-bond acceptors (Lipinski definition) is 6. The normalized spacial score (nSPS) is 16.4. The molecule has 1 aliphatic rings. The standard InChI is InChI=1S/C21H31N5O2S/c1-4-9-18(17-10-7-6-8-11-17)22-19(27)16(3)29-21-24-23-20(26(21)5-2)25-12-14-28-15-13-25/h6-8,10-11,16,18H,4-5,9,12-15H2,1-3H3,(H,22,27)/t16-,18-/m1/s1. The van der Waals surface area contributed by atoms with Gasteiger partial charge in [-0.3, -0.25) is 9.36 Å². The second-order valence-electron chi connectivity index (χ2n) is 7.15. The molecule has 2 heterocycles. The summed E-state index contributed by atoms with van der Waals surface area (Å²) in [5.41, 5.74) is 1.14. The average molecular weight is 418 g/mol. The van der Waals surface area contributed by atoms with Gasteiger partial charge in [0.25, 0.3) is 0 Å². The number of amides is 1. The Kier molecular flexibility index (Phi) is 7.94. The van der Waals surface area contributed by atoms with Crippen LogP contribution in [-0.4, -0.2) is 52.2 Å². The largest absolute Gasteiger partial charge is 0.378 e. The molecule has 1 fully saturated rings. The van der Waals surface area contributed by atoms with E-state index in [9.17, 15) is 4.79 Å². The first-order valence-corrected chi connectivity index (χ1v) is 11.3. The molecule has 0 unspecified atom stereocenters. The van der Waals surface area contributed by atoms with E-state index in [0.29, 0.717) is 13.2 Å². The summed E-state index contributed by atoms with van der Waals surface area (Å²) in [6.07, 6.45) is 1.92. The average Bonchev–Trinajstić information content (AvgIpc) is 3.17. The van der Waals surface area contributed by atoms with Crippen molar-refractivity contribution < 1.29 is 9.53 Å². The molecule has 0 radical (unpaired) electrons. The number of thioether (sulfide) groups is 1. The van der Waals surface area contributed by atoms with Gasteiger partial charge in [0, 0.05) is 19.6 Å². The van der Waals surface area contributed by atoms with Crippen LogP contribution in [0.15, 0.2) is 35.5 Å². The summed E-state index contributed by atoms with van der Waals surface area (Å²) >= 11 is 1.46. The summed E-state index contributed by atoms with van der Waals surface area (Å²) in [6.45, 7) is 9.94. The van der Waals surface area contributed by atoms with Crippen molar-refractivity contribution in [2.45, 2.75) is 56.6 Å². The molecular weight excluding hydrogens is 386 g/mol. The second-order valence-corrected chi connectivity index (χ2v) is 8.45. The van der Waals surface area contributed by atoms with Crippen LogP contribution in [0.5, 0.6) is 0 Å². The van der Waals surface area contributed by atoms with Crippen LogP contribution in [0.1, 0.15) is 45.2 Å². The van der Waals surface area contributed by atoms with E-state index < -0.39 is 0 Å². The number of ether oxygens (including phenoxy) is 1. The second kappa shape index (κ2) is 10.6. The molecule has 1 aliphatic heterocycles. The first kappa shape index (κ1) is 21.6. The zero-order chi connectivity index (χ0) is 20.6. The third-order valence-electron chi connectivity index (χ3n) is 5.05. The zero-order valence-corrected chi connectivity index (χ0v) is 18.3. The van der Waals surface area contributed by atoms with Crippen LogP contribution in [0.25, 0.3) is 0 Å². The van der Waals surface area contributed by atoms with Crippen molar-refractivity contribution in [2.24, 2.45) is 0 Å². The van der Waals surface area contributed by atoms with Crippen LogP contribution in [0.2, 0.25) is 0 Å². The van der Waals surface area contributed by atoms with E-state index in [2.05, 4.69) is 51.0 Å². The van der Waals surface area contributed by atoms with Crippen molar-refractivity contribution >= 4 is 23.6 Å². The highest BCUT2D eigenvalue weighted by molar-refractivity contribution is 8.00. The van der Waals surface area contributed by atoms with Gasteiger partial charge in [-0.1, -0.05) is 55.4 Å². The number of anilines is 1. The van der Waals surface area contributed by atoms with Gasteiger partial charge in [0.2, 0.25) is 11.9 Å². The summed E-state index contributed by atoms with van der Waals surface area (Å²) in [5, 5.41) is 12.5. The topological polar surface area (TPSA) is 72.3 Å². The maximum Gasteiger partial charge on any atom is 0.233 e. The van der Waals surface area contributed by atoms with E-state index in [0.717, 1.165) is 49.1 Å². The molecular formula is C21H31N5O2S. The molecule has 1 N–H and O–H groups in total. The number of benzene rings is 1. The lowest BCUT2D eigenvalue weighted by molar-refractivity contribution is -0.121. The van der Waals surface area contributed by atoms with Gasteiger partial charge >= 0.3 is 0 Å². The van der Waals surface area contributed by atoms with Crippen molar-refractivity contribution in [3.8, 4) is 0 Å². The molecule has 29 heavy (non-hydrogen) atoms. The summed E-state index contributed by atoms with van der Waals surface area (Å²) in [4.78, 5) is 15.1. The SMILES string of the molecule is CCC[C@@H](NC(=O)[C@@H](C)Sc1nnc(N2CCOCC2)n1CC)c1ccccc1. The molecule has 158 valence electrons. The molecule has 1 aromatic carbocycles. The molecule has 0 saturated carbocycles. The number of nitrogens with one attached hydrogen (secondary N) is 1. The Bertz CT molecular complexity index is 777. The quantitative estimate of drug-likeness (QED) is 0.632. The molecule has 1 amide bonds. The van der Waals surface area contributed by atoms with Crippen LogP contribution >= 0.6 is 11.8 Å². The first-order chi connectivity index (χ1) is 14.1. The van der Waals surface area contributed by atoms with Crippen molar-refractivity contribution in [3.63, 3.8) is 0 Å². The van der Waals surface area contributed by atoms with Gasteiger partial charge in [-0.25, -0.2) is 0 Å². The van der Waals surface area contributed by atoms with Crippen LogP contribution in [0, 0.1) is 0 Å². The smallest absolute Gasteiger partial charge is 0.233 e. The Morgan fingerprint density at radius 3 is 2.59 bits per heavy atom. The number of nitrogens with zero attached hydrogens (tertiary/aromatic N) is 4. The maximum absolute atomic E-state index is 12.9. The number of aromatic nitrogens is 3. The van der Waals surface area contributed by atoms with Crippen LogP contribution in [0.4, 0.5) is 5.95 Å². The summed E-state index contributed by atoms with van der Waals surface area (Å²) < 4.78 is 7.52. The van der Waals surface area contributed by atoms with E-state index in [4.69, 9.17) is 4.74 Å². The molecule has 2 atom stereocenters. The predicted molar refractivity (Wildman–Crippen MR) is 116 cm³/mol. The number of rotatable bonds is 9. The third kappa shape index (κ3) is 5.51. The number of carbonyl (C=O) groups is 1. The van der Waals surface area contributed by atoms with Gasteiger partial charge in [-0.05, 0) is 25.8 Å². The lowest BCUT2D eigenvalue weighted by Gasteiger charge is -2.27. The molecule has 0 aliphatic carbocycles. The first-order valence-electron chi connectivity index (χ1n) is 10.4. The molecule has 3 rings (SSSR count). The summed E-state index contributed by atoms with van der Waals surface area (Å²) in [5.74, 6) is 0.884. The minimum Gasteiger partial charge on any atom is -0.378 e. The fourth-order valence-corrected chi connectivity index (χ4v) is 4.36. The molecule has 0 spiro atoms. The molecule has 2 aromatic rings. The van der Waals surface area contributed by atoms with E-state index in [-0.39, 0.29) is 17.2 Å². The lowest BCUT2D eigenvalue weighted by Crippen LogP contribution is -2.38. The van der Waals surface area contributed by atoms with Crippen LogP contribution < -0.4 is 10.2 Å². The minimum atomic E-state index is -0.259. The van der Waals surface area contributed by atoms with Crippen molar-refractivity contribution in [3.05, 3.63) is 35.9 Å². The van der Waals surface area contributed by atoms with E-state index in [1.807, 2.05) is 25.1 Å². The zero-order valence-electron chi connectivity index (χ0n) is 17.5. The maximum atomic E-state index is 12.9. The Labute approximate surface area is 177 Å². The molecule has 1 aromatic heterocycles. The van der Waals surface area contributed by atoms with Gasteiger partial charge in [0.15, 0.2) is 5.16 Å². The third-order valence-corrected chi connectivity index (χ3v) is 6.14. The van der Waals surface area contributed by atoms with Crippen molar-refractivity contribution in [1.29, 1.82) is 0 Å². The minimum absolute atomic E-state index is 0.0240. The van der Waals surface area contributed by atoms with Gasteiger partial charge in [0.05, 0.1) is 24.5 Å². The fourth-order valence-electron chi connectivity index (χ4n) is 3.44. The Morgan fingerprint density at radius 2 is 1.93 bits per heavy atom. The summed E-state index contributed by atoms with van der Waals surface area (Å²) in [6, 6.07) is 10.2. The fraction of sp³-hybridized carbons (Fsp3) is 0.571. The van der Waals surface area contributed by atoms with E-state index >= 15 is 0 Å². The molecule has 7 nitrogen and oxygen atoms in total. The van der Waals surface area contributed by atoms with Crippen LogP contribution in [0.3, 0.4) is 0 Å². The van der Waals surface area contributed by atoms with Crippen molar-refractivity contribution in [1.82, 2.24) is 20.1 Å². The van der Waals surface area contributed by atoms with Crippen molar-refractivity contribution in [2.75, 3.05) is 31.2 Å². The van der Waals surface area contributed by atoms with E-state index in [1.54, 1.807) is 0 Å². The monoisotopic (exact) mass is 417 g/mol. The Balaban J connectivity index is 1.66. The lowest BCUT2D eigenvalue weighted by atomic mass is 10.0. The van der Waals surface area contributed by atoms with E-state index in [1.165, 1.54) is 11.8 Å². The van der Waals surface area contributed by atoms with Gasteiger partial charge in [0.1, 0.15) is 0 Å². The number of hydrogen-bond donors (Lipinski definition) is 1. The number of morpholine rings is 1. The molecule has 8 heteroatoms. The van der Waals surface area contributed by atoms with Gasteiger partial charge in [-0.2, -0.15) is 0 Å². The predicted octanol–water partition coefficient (Wildman–Crippen LogP) is 3.27. The Hall–Kier alpha value is -2.06. The number of carbonyl (C=O) groups excluding carboxylic acids is 1. The van der Waals surface area contributed by atoms with Gasteiger partial charge in [-0.15, -0.1) is 10.2 Å². The molecule has 1 saturated heterocycles. The highest BCUT2D eigenvalue weighted by atomic mass is 32.2. The highest BCUT2D eigenvalue weighted by Gasteiger charge is 2.24. The highest BCUT2D eigenvalue weighted by Crippen LogP contribution is 2.27. The summed E-state index contributed by atoms with van der Waals surface area (Å²) in [7, 11) is 0. The molecule has 0 bridgehead atoms. The van der Waals surface area contributed by atoms with Crippen LogP contribution in [-0.2, 0) is 16.1 Å².